The minimum Gasteiger partial charge on any atom is -0.345 e. The second-order valence-corrected chi connectivity index (χ2v) is 7.81. The van der Waals surface area contributed by atoms with E-state index in [1.807, 2.05) is 23.6 Å². The number of nitrogens with zero attached hydrogens (tertiary/aromatic N) is 4. The Kier molecular flexibility index (Phi) is 6.99. The topological polar surface area (TPSA) is 103 Å². The highest BCUT2D eigenvalue weighted by molar-refractivity contribution is 9.10. The van der Waals surface area contributed by atoms with Crippen molar-refractivity contribution in [2.75, 3.05) is 0 Å². The SMILES string of the molecule is CCn1c(CNC(=O)c2ccccc2Br)nnc1SCc1ccc([N+](=O)[O-])cc1. The summed E-state index contributed by atoms with van der Waals surface area (Å²) in [6.45, 7) is 2.91. The van der Waals surface area contributed by atoms with Crippen LogP contribution >= 0.6 is 27.7 Å². The van der Waals surface area contributed by atoms with Gasteiger partial charge in [0.25, 0.3) is 11.6 Å². The maximum atomic E-state index is 12.4. The lowest BCUT2D eigenvalue weighted by Gasteiger charge is -2.09. The molecule has 1 aromatic heterocycles. The van der Waals surface area contributed by atoms with Gasteiger partial charge in [0.15, 0.2) is 11.0 Å². The van der Waals surface area contributed by atoms with Crippen LogP contribution in [0.5, 0.6) is 0 Å². The van der Waals surface area contributed by atoms with Crippen LogP contribution in [0, 0.1) is 10.1 Å². The standard InChI is InChI=1S/C19H18BrN5O3S/c1-2-24-17(11-21-18(26)15-5-3-4-6-16(15)20)22-23-19(24)29-12-13-7-9-14(10-8-13)25(27)28/h3-10H,2,11-12H2,1H3,(H,21,26). The lowest BCUT2D eigenvalue weighted by Crippen LogP contribution is -2.25. The minimum atomic E-state index is -0.417. The summed E-state index contributed by atoms with van der Waals surface area (Å²) < 4.78 is 2.67. The van der Waals surface area contributed by atoms with Gasteiger partial charge in [0.1, 0.15) is 0 Å². The summed E-state index contributed by atoms with van der Waals surface area (Å²) in [6.07, 6.45) is 0. The monoisotopic (exact) mass is 475 g/mol. The molecule has 1 N–H and O–H groups in total. The Morgan fingerprint density at radius 2 is 1.93 bits per heavy atom. The number of hydrogen-bond donors (Lipinski definition) is 1. The van der Waals surface area contributed by atoms with E-state index in [1.165, 1.54) is 23.9 Å². The molecule has 0 aliphatic heterocycles. The summed E-state index contributed by atoms with van der Waals surface area (Å²) in [5.41, 5.74) is 1.58. The van der Waals surface area contributed by atoms with E-state index in [0.29, 0.717) is 23.7 Å². The summed E-state index contributed by atoms with van der Waals surface area (Å²) >= 11 is 4.87. The number of aromatic nitrogens is 3. The summed E-state index contributed by atoms with van der Waals surface area (Å²) in [5.74, 6) is 1.08. The highest BCUT2D eigenvalue weighted by Crippen LogP contribution is 2.23. The van der Waals surface area contributed by atoms with Gasteiger partial charge in [-0.15, -0.1) is 10.2 Å². The number of benzene rings is 2. The molecule has 1 amide bonds. The van der Waals surface area contributed by atoms with Gasteiger partial charge in [-0.3, -0.25) is 14.9 Å². The van der Waals surface area contributed by atoms with Crippen LogP contribution in [0.4, 0.5) is 5.69 Å². The van der Waals surface area contributed by atoms with Gasteiger partial charge in [0.05, 0.1) is 17.0 Å². The van der Waals surface area contributed by atoms with Crippen molar-refractivity contribution in [2.45, 2.75) is 30.9 Å². The Morgan fingerprint density at radius 1 is 1.21 bits per heavy atom. The van der Waals surface area contributed by atoms with E-state index < -0.39 is 4.92 Å². The Bertz CT molecular complexity index is 1020. The molecule has 0 saturated heterocycles. The number of thioether (sulfide) groups is 1. The molecule has 0 aliphatic carbocycles. The van der Waals surface area contributed by atoms with Crippen LogP contribution in [-0.2, 0) is 18.8 Å². The Hall–Kier alpha value is -2.72. The third kappa shape index (κ3) is 5.21. The van der Waals surface area contributed by atoms with Gasteiger partial charge in [-0.25, -0.2) is 0 Å². The summed E-state index contributed by atoms with van der Waals surface area (Å²) in [7, 11) is 0. The Balaban J connectivity index is 1.63. The molecule has 10 heteroatoms. The zero-order valence-electron chi connectivity index (χ0n) is 15.5. The molecule has 3 rings (SSSR count). The fourth-order valence-corrected chi connectivity index (χ4v) is 4.08. The lowest BCUT2D eigenvalue weighted by molar-refractivity contribution is -0.384. The number of carbonyl (C=O) groups is 1. The van der Waals surface area contributed by atoms with Crippen molar-refractivity contribution in [2.24, 2.45) is 0 Å². The molecule has 0 radical (unpaired) electrons. The first kappa shape index (κ1) is 21.0. The van der Waals surface area contributed by atoms with Crippen molar-refractivity contribution in [3.63, 3.8) is 0 Å². The molecule has 0 atom stereocenters. The number of rotatable bonds is 8. The number of nitro groups is 1. The van der Waals surface area contributed by atoms with Crippen LogP contribution in [0.1, 0.15) is 28.7 Å². The molecule has 0 fully saturated rings. The second kappa shape index (κ2) is 9.66. The number of nitrogens with one attached hydrogen (secondary N) is 1. The van der Waals surface area contributed by atoms with Crippen molar-refractivity contribution in [1.82, 2.24) is 20.1 Å². The summed E-state index contributed by atoms with van der Waals surface area (Å²) in [6, 6.07) is 13.7. The largest absolute Gasteiger partial charge is 0.345 e. The zero-order chi connectivity index (χ0) is 20.8. The number of halogens is 1. The first-order valence-electron chi connectivity index (χ1n) is 8.80. The Labute approximate surface area is 180 Å². The molecule has 150 valence electrons. The molecule has 0 spiro atoms. The van der Waals surface area contributed by atoms with Crippen molar-refractivity contribution >= 4 is 39.3 Å². The van der Waals surface area contributed by atoms with Crippen LogP contribution in [0.3, 0.4) is 0 Å². The van der Waals surface area contributed by atoms with E-state index in [0.717, 1.165) is 15.2 Å². The van der Waals surface area contributed by atoms with E-state index in [4.69, 9.17) is 0 Å². The fourth-order valence-electron chi connectivity index (χ4n) is 2.64. The number of nitro benzene ring substituents is 1. The van der Waals surface area contributed by atoms with E-state index in [9.17, 15) is 14.9 Å². The molecule has 8 nitrogen and oxygen atoms in total. The van der Waals surface area contributed by atoms with Crippen molar-refractivity contribution in [3.8, 4) is 0 Å². The maximum Gasteiger partial charge on any atom is 0.269 e. The molecule has 0 unspecified atom stereocenters. The molecule has 3 aromatic rings. The van der Waals surface area contributed by atoms with Crippen molar-refractivity contribution < 1.29 is 9.72 Å². The van der Waals surface area contributed by atoms with Crippen LogP contribution in [-0.4, -0.2) is 25.6 Å². The molecular weight excluding hydrogens is 458 g/mol. The van der Waals surface area contributed by atoms with E-state index in [1.54, 1.807) is 24.3 Å². The number of hydrogen-bond acceptors (Lipinski definition) is 6. The van der Waals surface area contributed by atoms with Crippen LogP contribution < -0.4 is 5.32 Å². The highest BCUT2D eigenvalue weighted by atomic mass is 79.9. The third-order valence-electron chi connectivity index (χ3n) is 4.15. The highest BCUT2D eigenvalue weighted by Gasteiger charge is 2.14. The van der Waals surface area contributed by atoms with Gasteiger partial charge in [0, 0.05) is 28.9 Å². The Morgan fingerprint density at radius 3 is 2.59 bits per heavy atom. The quantitative estimate of drug-likeness (QED) is 0.297. The van der Waals surface area contributed by atoms with Crippen molar-refractivity contribution in [3.05, 3.63) is 80.1 Å². The van der Waals surface area contributed by atoms with Gasteiger partial charge in [0.2, 0.25) is 0 Å². The van der Waals surface area contributed by atoms with Crippen LogP contribution in [0.2, 0.25) is 0 Å². The van der Waals surface area contributed by atoms with E-state index >= 15 is 0 Å². The van der Waals surface area contributed by atoms with Gasteiger partial charge in [-0.05, 0) is 40.5 Å². The molecule has 0 aliphatic rings. The summed E-state index contributed by atoms with van der Waals surface area (Å²) in [4.78, 5) is 22.7. The molecule has 0 bridgehead atoms. The minimum absolute atomic E-state index is 0.0681. The molecule has 2 aromatic carbocycles. The average molecular weight is 476 g/mol. The number of amides is 1. The average Bonchev–Trinajstić information content (AvgIpc) is 3.13. The first-order valence-corrected chi connectivity index (χ1v) is 10.6. The smallest absolute Gasteiger partial charge is 0.269 e. The maximum absolute atomic E-state index is 12.4. The number of carbonyl (C=O) groups excluding carboxylic acids is 1. The zero-order valence-corrected chi connectivity index (χ0v) is 17.9. The van der Waals surface area contributed by atoms with Gasteiger partial charge >= 0.3 is 0 Å². The third-order valence-corrected chi connectivity index (χ3v) is 5.88. The van der Waals surface area contributed by atoms with Crippen LogP contribution in [0.25, 0.3) is 0 Å². The van der Waals surface area contributed by atoms with Gasteiger partial charge in [-0.2, -0.15) is 0 Å². The predicted octanol–water partition coefficient (Wildman–Crippen LogP) is 4.19. The van der Waals surface area contributed by atoms with E-state index in [2.05, 4.69) is 31.4 Å². The lowest BCUT2D eigenvalue weighted by atomic mass is 10.2. The molecule has 29 heavy (non-hydrogen) atoms. The van der Waals surface area contributed by atoms with E-state index in [-0.39, 0.29) is 18.1 Å². The molecular formula is C19H18BrN5O3S. The fraction of sp³-hybridized carbons (Fsp3) is 0.211. The first-order chi connectivity index (χ1) is 14.0. The van der Waals surface area contributed by atoms with Gasteiger partial charge < -0.3 is 9.88 Å². The molecule has 0 saturated carbocycles. The second-order valence-electron chi connectivity index (χ2n) is 6.02. The van der Waals surface area contributed by atoms with Gasteiger partial charge in [-0.1, -0.05) is 36.0 Å². The predicted molar refractivity (Wildman–Crippen MR) is 114 cm³/mol. The number of non-ortho nitro benzene ring substituents is 1. The van der Waals surface area contributed by atoms with Crippen LogP contribution in [0.15, 0.2) is 58.2 Å². The summed E-state index contributed by atoms with van der Waals surface area (Å²) in [5, 5.41) is 22.8. The van der Waals surface area contributed by atoms with Crippen molar-refractivity contribution in [1.29, 1.82) is 0 Å². The molecule has 1 heterocycles. The normalized spacial score (nSPS) is 10.7.